The van der Waals surface area contributed by atoms with Crippen molar-refractivity contribution in [3.05, 3.63) is 58.1 Å². The number of hydrogen-bond donors (Lipinski definition) is 2. The summed E-state index contributed by atoms with van der Waals surface area (Å²) in [4.78, 5) is 25.2. The molecule has 0 saturated carbocycles. The molecule has 0 aromatic heterocycles. The van der Waals surface area contributed by atoms with Crippen LogP contribution in [0.5, 0.6) is 0 Å². The van der Waals surface area contributed by atoms with Crippen molar-refractivity contribution in [1.29, 1.82) is 0 Å². The third kappa shape index (κ3) is 4.40. The van der Waals surface area contributed by atoms with Gasteiger partial charge in [0.25, 0.3) is 0 Å². The smallest absolute Gasteiger partial charge is 0.239 e. The van der Waals surface area contributed by atoms with Gasteiger partial charge in [0.15, 0.2) is 0 Å². The molecule has 0 heterocycles. The minimum Gasteiger partial charge on any atom is -0.325 e. The summed E-state index contributed by atoms with van der Waals surface area (Å²) in [6, 6.07) is 10.9. The van der Waals surface area contributed by atoms with Crippen molar-refractivity contribution in [2.75, 3.05) is 10.6 Å². The van der Waals surface area contributed by atoms with Crippen LogP contribution in [0.25, 0.3) is 0 Å². The highest BCUT2D eigenvalue weighted by Gasteiger charge is 2.36. The normalized spacial score (nSPS) is 11.1. The molecular weight excluding hydrogens is 336 g/mol. The fourth-order valence-electron chi connectivity index (χ4n) is 2.17. The van der Waals surface area contributed by atoms with Crippen molar-refractivity contribution in [2.24, 2.45) is 5.41 Å². The minimum absolute atomic E-state index is 0.369. The van der Waals surface area contributed by atoms with Gasteiger partial charge in [-0.2, -0.15) is 0 Å². The van der Waals surface area contributed by atoms with Gasteiger partial charge in [-0.3, -0.25) is 9.59 Å². The molecule has 5 heteroatoms. The average molecular weight is 359 g/mol. The Kier molecular flexibility index (Phi) is 5.53. The Morgan fingerprint density at radius 3 is 1.76 bits per heavy atom. The molecule has 132 valence electrons. The second kappa shape index (κ2) is 7.28. The van der Waals surface area contributed by atoms with Crippen LogP contribution >= 0.6 is 11.6 Å². The summed E-state index contributed by atoms with van der Waals surface area (Å²) in [5.41, 5.74) is 3.14. The number of amides is 2. The molecule has 2 amide bonds. The molecule has 0 spiro atoms. The first-order valence-electron chi connectivity index (χ1n) is 8.07. The van der Waals surface area contributed by atoms with Crippen LogP contribution in [-0.4, -0.2) is 11.8 Å². The summed E-state index contributed by atoms with van der Waals surface area (Å²) in [5.74, 6) is -0.764. The molecule has 25 heavy (non-hydrogen) atoms. The number of rotatable bonds is 4. The van der Waals surface area contributed by atoms with Crippen LogP contribution in [0.1, 0.15) is 30.5 Å². The molecule has 0 aliphatic heterocycles. The van der Waals surface area contributed by atoms with Gasteiger partial charge in [0.1, 0.15) is 5.41 Å². The highest BCUT2D eigenvalue weighted by molar-refractivity contribution is 6.31. The third-order valence-electron chi connectivity index (χ3n) is 4.33. The molecule has 0 fully saturated rings. The van der Waals surface area contributed by atoms with Crippen LogP contribution in [0.2, 0.25) is 5.02 Å². The van der Waals surface area contributed by atoms with Crippen LogP contribution < -0.4 is 10.6 Å². The highest BCUT2D eigenvalue weighted by atomic mass is 35.5. The van der Waals surface area contributed by atoms with Gasteiger partial charge in [-0.05, 0) is 75.6 Å². The summed E-state index contributed by atoms with van der Waals surface area (Å²) >= 11 is 6.08. The maximum absolute atomic E-state index is 12.6. The Hall–Kier alpha value is -2.33. The molecule has 2 N–H and O–H groups in total. The fourth-order valence-corrected chi connectivity index (χ4v) is 2.35. The predicted octanol–water partition coefficient (Wildman–Crippen LogP) is 4.87. The lowest BCUT2D eigenvalue weighted by Crippen LogP contribution is -2.41. The second-order valence-corrected chi connectivity index (χ2v) is 7.20. The maximum atomic E-state index is 12.6. The highest BCUT2D eigenvalue weighted by Crippen LogP contribution is 2.25. The van der Waals surface area contributed by atoms with E-state index in [1.165, 1.54) is 0 Å². The van der Waals surface area contributed by atoms with Crippen LogP contribution in [0, 0.1) is 26.2 Å². The number of hydrogen-bond acceptors (Lipinski definition) is 2. The lowest BCUT2D eigenvalue weighted by Gasteiger charge is -2.23. The molecule has 0 unspecified atom stereocenters. The van der Waals surface area contributed by atoms with E-state index in [1.54, 1.807) is 26.0 Å². The van der Waals surface area contributed by atoms with E-state index >= 15 is 0 Å². The maximum Gasteiger partial charge on any atom is 0.239 e. The zero-order valence-electron chi connectivity index (χ0n) is 15.2. The van der Waals surface area contributed by atoms with Gasteiger partial charge in [-0.25, -0.2) is 0 Å². The quantitative estimate of drug-likeness (QED) is 0.766. The van der Waals surface area contributed by atoms with Gasteiger partial charge in [0.05, 0.1) is 0 Å². The molecule has 0 atom stereocenters. The number of halogens is 1. The average Bonchev–Trinajstić information content (AvgIpc) is 2.54. The zero-order valence-corrected chi connectivity index (χ0v) is 15.9. The van der Waals surface area contributed by atoms with Crippen LogP contribution in [0.4, 0.5) is 11.4 Å². The molecule has 0 saturated heterocycles. The molecular formula is C20H23ClN2O2. The molecule has 0 aliphatic rings. The molecule has 4 nitrogen and oxygen atoms in total. The first kappa shape index (κ1) is 19.0. The molecule has 0 aliphatic carbocycles. The van der Waals surface area contributed by atoms with Crippen LogP contribution in [0.3, 0.4) is 0 Å². The predicted molar refractivity (Wildman–Crippen MR) is 103 cm³/mol. The summed E-state index contributed by atoms with van der Waals surface area (Å²) in [7, 11) is 0. The van der Waals surface area contributed by atoms with E-state index in [1.807, 2.05) is 45.0 Å². The molecule has 2 aromatic rings. The number of anilines is 2. The van der Waals surface area contributed by atoms with E-state index in [4.69, 9.17) is 11.6 Å². The van der Waals surface area contributed by atoms with Crippen molar-refractivity contribution >= 4 is 34.8 Å². The largest absolute Gasteiger partial charge is 0.325 e. The Labute approximate surface area is 153 Å². The Morgan fingerprint density at radius 1 is 0.800 bits per heavy atom. The van der Waals surface area contributed by atoms with E-state index in [9.17, 15) is 9.59 Å². The number of aryl methyl sites for hydroxylation is 3. The van der Waals surface area contributed by atoms with Crippen LogP contribution in [-0.2, 0) is 9.59 Å². The molecule has 0 bridgehead atoms. The SMILES string of the molecule is Cc1ccc(NC(=O)C(C)(C)C(=O)Nc2ccc(C)c(Cl)c2)cc1C. The zero-order chi connectivity index (χ0) is 18.8. The number of benzene rings is 2. The summed E-state index contributed by atoms with van der Waals surface area (Å²) < 4.78 is 0. The van der Waals surface area contributed by atoms with E-state index in [-0.39, 0.29) is 5.91 Å². The molecule has 2 aromatic carbocycles. The van der Waals surface area contributed by atoms with Gasteiger partial charge in [-0.1, -0.05) is 23.7 Å². The van der Waals surface area contributed by atoms with Crippen molar-refractivity contribution in [2.45, 2.75) is 34.6 Å². The lowest BCUT2D eigenvalue weighted by molar-refractivity contribution is -0.135. The van der Waals surface area contributed by atoms with E-state index in [0.717, 1.165) is 16.7 Å². The fraction of sp³-hybridized carbons (Fsp3) is 0.300. The van der Waals surface area contributed by atoms with Gasteiger partial charge >= 0.3 is 0 Å². The van der Waals surface area contributed by atoms with E-state index < -0.39 is 11.3 Å². The number of carbonyl (C=O) groups is 2. The van der Waals surface area contributed by atoms with Crippen molar-refractivity contribution in [3.8, 4) is 0 Å². The van der Waals surface area contributed by atoms with Crippen molar-refractivity contribution in [1.82, 2.24) is 0 Å². The minimum atomic E-state index is -1.24. The first-order chi connectivity index (χ1) is 11.6. The monoisotopic (exact) mass is 358 g/mol. The summed E-state index contributed by atoms with van der Waals surface area (Å²) in [5, 5.41) is 6.13. The van der Waals surface area contributed by atoms with E-state index in [2.05, 4.69) is 10.6 Å². The van der Waals surface area contributed by atoms with Gasteiger partial charge in [0.2, 0.25) is 11.8 Å². The second-order valence-electron chi connectivity index (χ2n) is 6.80. The standard InChI is InChI=1S/C20H23ClN2O2/c1-12-6-8-15(10-14(12)3)22-18(24)20(4,5)19(25)23-16-9-7-13(2)17(21)11-16/h6-11H,1-5H3,(H,22,24)(H,23,25). The van der Waals surface area contributed by atoms with E-state index in [0.29, 0.717) is 16.4 Å². The summed E-state index contributed by atoms with van der Waals surface area (Å²) in [6.45, 7) is 9.05. The van der Waals surface area contributed by atoms with Gasteiger partial charge < -0.3 is 10.6 Å². The molecule has 0 radical (unpaired) electrons. The lowest BCUT2D eigenvalue weighted by atomic mass is 9.90. The Morgan fingerprint density at radius 2 is 1.28 bits per heavy atom. The van der Waals surface area contributed by atoms with Gasteiger partial charge in [0, 0.05) is 16.4 Å². The topological polar surface area (TPSA) is 58.2 Å². The Balaban J connectivity index is 2.12. The van der Waals surface area contributed by atoms with Crippen LogP contribution in [0.15, 0.2) is 36.4 Å². The Bertz CT molecular complexity index is 761. The van der Waals surface area contributed by atoms with Crippen molar-refractivity contribution in [3.63, 3.8) is 0 Å². The van der Waals surface area contributed by atoms with Crippen molar-refractivity contribution < 1.29 is 9.59 Å². The molecule has 2 rings (SSSR count). The first-order valence-corrected chi connectivity index (χ1v) is 8.45. The number of carbonyl (C=O) groups excluding carboxylic acids is 2. The van der Waals surface area contributed by atoms with Gasteiger partial charge in [-0.15, -0.1) is 0 Å². The third-order valence-corrected chi connectivity index (χ3v) is 4.74. The number of nitrogens with one attached hydrogen (secondary N) is 2. The summed E-state index contributed by atoms with van der Waals surface area (Å²) in [6.07, 6.45) is 0.